The number of carbonyl (C=O) groups excluding carboxylic acids is 2. The van der Waals surface area contributed by atoms with Gasteiger partial charge >= 0.3 is 0 Å². The smallest absolute Gasteiger partial charge is 0.223 e. The molecule has 0 aromatic heterocycles. The molecule has 1 spiro atoms. The summed E-state index contributed by atoms with van der Waals surface area (Å²) in [6, 6.07) is 8.81. The SMILES string of the molecule is O=C(CC1CC1)N1CCC2(CC1)C[C@@H](CC(=O)N1CCCC1)c1ccccc12. The first-order valence-electron chi connectivity index (χ1n) is 11.3. The summed E-state index contributed by atoms with van der Waals surface area (Å²) in [6.07, 6.45) is 9.39. The average molecular weight is 381 g/mol. The van der Waals surface area contributed by atoms with Gasteiger partial charge in [0.15, 0.2) is 0 Å². The summed E-state index contributed by atoms with van der Waals surface area (Å²) >= 11 is 0. The van der Waals surface area contributed by atoms with E-state index in [4.69, 9.17) is 0 Å². The van der Waals surface area contributed by atoms with Gasteiger partial charge < -0.3 is 9.80 Å². The van der Waals surface area contributed by atoms with E-state index in [0.717, 1.165) is 64.7 Å². The number of nitrogens with zero attached hydrogens (tertiary/aromatic N) is 2. The lowest BCUT2D eigenvalue weighted by Gasteiger charge is -2.40. The molecule has 2 amide bonds. The number of hydrogen-bond acceptors (Lipinski definition) is 2. The zero-order valence-corrected chi connectivity index (χ0v) is 16.9. The van der Waals surface area contributed by atoms with E-state index in [9.17, 15) is 9.59 Å². The Hall–Kier alpha value is -1.84. The predicted octanol–water partition coefficient (Wildman–Crippen LogP) is 3.85. The lowest BCUT2D eigenvalue weighted by Crippen LogP contribution is -2.44. The highest BCUT2D eigenvalue weighted by atomic mass is 16.2. The van der Waals surface area contributed by atoms with Crippen LogP contribution in [0.1, 0.15) is 74.8 Å². The number of benzene rings is 1. The first-order chi connectivity index (χ1) is 13.6. The number of hydrogen-bond donors (Lipinski definition) is 0. The highest BCUT2D eigenvalue weighted by Gasteiger charge is 2.46. The Morgan fingerprint density at radius 1 is 0.893 bits per heavy atom. The van der Waals surface area contributed by atoms with Gasteiger partial charge in [-0.05, 0) is 73.3 Å². The highest BCUT2D eigenvalue weighted by molar-refractivity contribution is 5.78. The van der Waals surface area contributed by atoms with E-state index in [1.54, 1.807) is 0 Å². The van der Waals surface area contributed by atoms with Crippen LogP contribution < -0.4 is 0 Å². The van der Waals surface area contributed by atoms with Crippen molar-refractivity contribution in [2.75, 3.05) is 26.2 Å². The van der Waals surface area contributed by atoms with Gasteiger partial charge in [-0.3, -0.25) is 9.59 Å². The summed E-state index contributed by atoms with van der Waals surface area (Å²) in [7, 11) is 0. The van der Waals surface area contributed by atoms with Gasteiger partial charge in [-0.15, -0.1) is 0 Å². The van der Waals surface area contributed by atoms with Crippen molar-refractivity contribution in [1.29, 1.82) is 0 Å². The predicted molar refractivity (Wildman–Crippen MR) is 109 cm³/mol. The summed E-state index contributed by atoms with van der Waals surface area (Å²) in [6.45, 7) is 3.65. The lowest BCUT2D eigenvalue weighted by molar-refractivity contribution is -0.133. The first-order valence-corrected chi connectivity index (χ1v) is 11.3. The van der Waals surface area contributed by atoms with Crippen LogP contribution in [0.2, 0.25) is 0 Å². The van der Waals surface area contributed by atoms with Crippen LogP contribution >= 0.6 is 0 Å². The third-order valence-electron chi connectivity index (χ3n) is 7.72. The molecule has 5 rings (SSSR count). The largest absolute Gasteiger partial charge is 0.343 e. The van der Waals surface area contributed by atoms with Crippen LogP contribution in [0, 0.1) is 5.92 Å². The normalized spacial score (nSPS) is 25.9. The first kappa shape index (κ1) is 18.2. The molecular weight excluding hydrogens is 348 g/mol. The summed E-state index contributed by atoms with van der Waals surface area (Å²) in [4.78, 5) is 29.5. The molecule has 2 aliphatic carbocycles. The van der Waals surface area contributed by atoms with E-state index < -0.39 is 0 Å². The van der Waals surface area contributed by atoms with Gasteiger partial charge in [-0.1, -0.05) is 24.3 Å². The van der Waals surface area contributed by atoms with Crippen molar-refractivity contribution in [1.82, 2.24) is 9.80 Å². The molecule has 1 atom stereocenters. The maximum atomic E-state index is 12.8. The monoisotopic (exact) mass is 380 g/mol. The fraction of sp³-hybridized carbons (Fsp3) is 0.667. The number of rotatable bonds is 4. The van der Waals surface area contributed by atoms with Crippen LogP contribution in [0.4, 0.5) is 0 Å². The van der Waals surface area contributed by atoms with Crippen LogP contribution in [-0.2, 0) is 15.0 Å². The highest BCUT2D eigenvalue weighted by Crippen LogP contribution is 2.53. The summed E-state index contributed by atoms with van der Waals surface area (Å²) in [5, 5.41) is 0. The number of amides is 2. The van der Waals surface area contributed by atoms with Crippen molar-refractivity contribution in [2.24, 2.45) is 5.92 Å². The minimum absolute atomic E-state index is 0.170. The zero-order chi connectivity index (χ0) is 19.1. The van der Waals surface area contributed by atoms with E-state index in [2.05, 4.69) is 34.1 Å². The quantitative estimate of drug-likeness (QED) is 0.796. The second kappa shape index (κ2) is 7.20. The Balaban J connectivity index is 1.29. The Bertz CT molecular complexity index is 756. The van der Waals surface area contributed by atoms with E-state index in [-0.39, 0.29) is 5.41 Å². The standard InChI is InChI=1S/C24H32N2O2/c27-22(15-18-7-8-18)26-13-9-24(10-14-26)17-19(20-5-1-2-6-21(20)24)16-23(28)25-11-3-4-12-25/h1-2,5-6,18-19H,3-4,7-17H2/t19-/m1/s1. The van der Waals surface area contributed by atoms with Gasteiger partial charge in [-0.2, -0.15) is 0 Å². The molecule has 2 aliphatic heterocycles. The van der Waals surface area contributed by atoms with Crippen molar-refractivity contribution in [3.8, 4) is 0 Å². The molecule has 0 unspecified atom stereocenters. The van der Waals surface area contributed by atoms with Crippen molar-refractivity contribution in [3.05, 3.63) is 35.4 Å². The third-order valence-corrected chi connectivity index (χ3v) is 7.72. The zero-order valence-electron chi connectivity index (χ0n) is 16.9. The van der Waals surface area contributed by atoms with Gasteiger partial charge in [-0.25, -0.2) is 0 Å². The maximum Gasteiger partial charge on any atom is 0.223 e. The second-order valence-electron chi connectivity index (χ2n) is 9.59. The number of piperidine rings is 1. The molecule has 150 valence electrons. The summed E-state index contributed by atoms with van der Waals surface area (Å²) < 4.78 is 0. The van der Waals surface area contributed by atoms with Crippen LogP contribution in [-0.4, -0.2) is 47.8 Å². The van der Waals surface area contributed by atoms with E-state index in [0.29, 0.717) is 30.1 Å². The lowest BCUT2D eigenvalue weighted by atomic mass is 9.73. The van der Waals surface area contributed by atoms with E-state index in [1.165, 1.54) is 24.0 Å². The molecule has 3 fully saturated rings. The maximum absolute atomic E-state index is 12.8. The van der Waals surface area contributed by atoms with E-state index >= 15 is 0 Å². The molecule has 4 heteroatoms. The minimum Gasteiger partial charge on any atom is -0.343 e. The van der Waals surface area contributed by atoms with E-state index in [1.807, 2.05) is 0 Å². The molecule has 2 heterocycles. The van der Waals surface area contributed by atoms with Crippen LogP contribution in [0.25, 0.3) is 0 Å². The topological polar surface area (TPSA) is 40.6 Å². The number of carbonyl (C=O) groups is 2. The van der Waals surface area contributed by atoms with Gasteiger partial charge in [0, 0.05) is 39.0 Å². The molecule has 4 nitrogen and oxygen atoms in total. The van der Waals surface area contributed by atoms with Crippen molar-refractivity contribution in [3.63, 3.8) is 0 Å². The Morgan fingerprint density at radius 3 is 2.25 bits per heavy atom. The van der Waals surface area contributed by atoms with Gasteiger partial charge in [0.2, 0.25) is 11.8 Å². The number of likely N-dealkylation sites (tertiary alicyclic amines) is 2. The van der Waals surface area contributed by atoms with Crippen LogP contribution in [0.3, 0.4) is 0 Å². The molecule has 0 bridgehead atoms. The molecule has 0 N–H and O–H groups in total. The molecule has 28 heavy (non-hydrogen) atoms. The molecule has 1 aromatic carbocycles. The second-order valence-corrected chi connectivity index (χ2v) is 9.59. The molecule has 1 saturated carbocycles. The van der Waals surface area contributed by atoms with Crippen LogP contribution in [0.15, 0.2) is 24.3 Å². The average Bonchev–Trinajstić information content (AvgIpc) is 3.26. The Kier molecular flexibility index (Phi) is 4.68. The fourth-order valence-electron chi connectivity index (χ4n) is 5.87. The van der Waals surface area contributed by atoms with Crippen LogP contribution in [0.5, 0.6) is 0 Å². The van der Waals surface area contributed by atoms with Crippen molar-refractivity contribution < 1.29 is 9.59 Å². The molecule has 2 saturated heterocycles. The van der Waals surface area contributed by atoms with Crippen molar-refractivity contribution in [2.45, 2.75) is 69.1 Å². The molecule has 0 radical (unpaired) electrons. The number of fused-ring (bicyclic) bond motifs is 2. The van der Waals surface area contributed by atoms with Crippen molar-refractivity contribution >= 4 is 11.8 Å². The Morgan fingerprint density at radius 2 is 1.54 bits per heavy atom. The van der Waals surface area contributed by atoms with Gasteiger partial charge in [0.05, 0.1) is 0 Å². The molecular formula is C24H32N2O2. The minimum atomic E-state index is 0.170. The molecule has 1 aromatic rings. The van der Waals surface area contributed by atoms with Gasteiger partial charge in [0.25, 0.3) is 0 Å². The Labute approximate surface area is 168 Å². The third kappa shape index (κ3) is 3.35. The summed E-state index contributed by atoms with van der Waals surface area (Å²) in [5.74, 6) is 1.71. The van der Waals surface area contributed by atoms with Gasteiger partial charge in [0.1, 0.15) is 0 Å². The fourth-order valence-corrected chi connectivity index (χ4v) is 5.87. The molecule has 4 aliphatic rings. The summed E-state index contributed by atoms with van der Waals surface area (Å²) in [5.41, 5.74) is 3.03.